The van der Waals surface area contributed by atoms with Gasteiger partial charge in [0.25, 0.3) is 0 Å². The zero-order chi connectivity index (χ0) is 17.9. The summed E-state index contributed by atoms with van der Waals surface area (Å²) < 4.78 is 4.51. The Hall–Kier alpha value is -2.45. The molecule has 0 spiro atoms. The van der Waals surface area contributed by atoms with Crippen molar-refractivity contribution >= 4 is 11.6 Å². The van der Waals surface area contributed by atoms with Gasteiger partial charge < -0.3 is 10.6 Å². The third kappa shape index (κ3) is 3.56. The number of aromatic amines is 1. The van der Waals surface area contributed by atoms with E-state index in [-0.39, 0.29) is 18.0 Å². The summed E-state index contributed by atoms with van der Waals surface area (Å²) in [5, 5.41) is 10.00. The highest BCUT2D eigenvalue weighted by Crippen LogP contribution is 2.22. The largest absolute Gasteiger partial charge is 0.439 e. The summed E-state index contributed by atoms with van der Waals surface area (Å²) in [6, 6.07) is 7.26. The number of carbonyl (C=O) groups excluding carboxylic acids is 1. The summed E-state index contributed by atoms with van der Waals surface area (Å²) >= 11 is 0. The van der Waals surface area contributed by atoms with Crippen molar-refractivity contribution < 1.29 is 9.32 Å². The van der Waals surface area contributed by atoms with E-state index >= 15 is 0 Å². The normalized spacial score (nSPS) is 23.8. The number of aromatic nitrogens is 2. The molecule has 0 saturated carbocycles. The first-order valence-electron chi connectivity index (χ1n) is 9.15. The van der Waals surface area contributed by atoms with Crippen LogP contribution >= 0.6 is 0 Å². The van der Waals surface area contributed by atoms with Gasteiger partial charge in [-0.2, -0.15) is 0 Å². The third-order valence-electron chi connectivity index (χ3n) is 5.20. The summed E-state index contributed by atoms with van der Waals surface area (Å²) in [5.74, 6) is -0.218. The van der Waals surface area contributed by atoms with Crippen LogP contribution in [0.1, 0.15) is 25.7 Å². The summed E-state index contributed by atoms with van der Waals surface area (Å²) in [7, 11) is 0. The highest BCUT2D eigenvalue weighted by atomic mass is 16.5. The van der Waals surface area contributed by atoms with Gasteiger partial charge in [0.05, 0.1) is 0 Å². The van der Waals surface area contributed by atoms with Gasteiger partial charge in [-0.15, -0.1) is 0 Å². The monoisotopic (exact) mass is 357 g/mol. The highest BCUT2D eigenvalue weighted by Gasteiger charge is 2.36. The molecule has 8 nitrogen and oxygen atoms in total. The molecule has 2 aromatic rings. The fourth-order valence-corrected chi connectivity index (χ4v) is 3.89. The number of nitrogens with one attached hydrogen (secondary N) is 3. The molecule has 2 saturated heterocycles. The standard InChI is InChI=1S/C18H23N5O3/c24-17(15-14(8-9-19-15)23-10-2-1-3-11-23)20-13-6-4-12(5-7-13)16-21-18(25)26-22-16/h4-7,14-15,19H,1-3,8-11H2,(H,20,24)(H,21,22,25)/t14?,15-/m0/s1. The molecule has 1 aromatic carbocycles. The molecule has 4 rings (SSSR count). The lowest BCUT2D eigenvalue weighted by Crippen LogP contribution is -2.51. The Morgan fingerprint density at radius 2 is 1.96 bits per heavy atom. The topological polar surface area (TPSA) is 103 Å². The maximum atomic E-state index is 12.8. The molecule has 26 heavy (non-hydrogen) atoms. The molecule has 0 aliphatic carbocycles. The van der Waals surface area contributed by atoms with E-state index in [1.807, 2.05) is 0 Å². The second-order valence-corrected chi connectivity index (χ2v) is 6.89. The Kier molecular flexibility index (Phi) is 4.85. The smallest absolute Gasteiger partial charge is 0.325 e. The lowest BCUT2D eigenvalue weighted by molar-refractivity contribution is -0.119. The molecule has 1 aromatic heterocycles. The van der Waals surface area contributed by atoms with E-state index in [9.17, 15) is 9.59 Å². The average Bonchev–Trinajstić information content (AvgIpc) is 3.32. The molecule has 1 unspecified atom stereocenters. The van der Waals surface area contributed by atoms with Crippen molar-refractivity contribution in [2.24, 2.45) is 0 Å². The third-order valence-corrected chi connectivity index (χ3v) is 5.20. The minimum atomic E-state index is -0.589. The molecular weight excluding hydrogens is 334 g/mol. The van der Waals surface area contributed by atoms with Gasteiger partial charge in [-0.3, -0.25) is 19.2 Å². The quantitative estimate of drug-likeness (QED) is 0.759. The van der Waals surface area contributed by atoms with Crippen LogP contribution in [0, 0.1) is 0 Å². The Bertz CT molecular complexity index is 807. The van der Waals surface area contributed by atoms with Crippen molar-refractivity contribution in [1.29, 1.82) is 0 Å². The van der Waals surface area contributed by atoms with E-state index in [4.69, 9.17) is 0 Å². The maximum absolute atomic E-state index is 12.8. The van der Waals surface area contributed by atoms with Crippen molar-refractivity contribution in [3.05, 3.63) is 34.8 Å². The van der Waals surface area contributed by atoms with Gasteiger partial charge in [-0.25, -0.2) is 4.79 Å². The predicted octanol–water partition coefficient (Wildman–Crippen LogP) is 1.18. The fourth-order valence-electron chi connectivity index (χ4n) is 3.89. The summed E-state index contributed by atoms with van der Waals surface area (Å²) in [5.41, 5.74) is 1.44. The maximum Gasteiger partial charge on any atom is 0.439 e. The SMILES string of the molecule is O=C(Nc1ccc(-c2noc(=O)[nH]2)cc1)[C@H]1NCCC1N1CCCCC1. The molecule has 2 aliphatic heterocycles. The first-order valence-corrected chi connectivity index (χ1v) is 9.15. The van der Waals surface area contributed by atoms with Crippen LogP contribution in [0.2, 0.25) is 0 Å². The molecule has 138 valence electrons. The van der Waals surface area contributed by atoms with Crippen molar-refractivity contribution in [2.45, 2.75) is 37.8 Å². The van der Waals surface area contributed by atoms with Crippen LogP contribution in [0.4, 0.5) is 5.69 Å². The highest BCUT2D eigenvalue weighted by molar-refractivity contribution is 5.95. The number of amides is 1. The first kappa shape index (κ1) is 17.0. The molecule has 2 fully saturated rings. The van der Waals surface area contributed by atoms with Crippen LogP contribution in [-0.4, -0.2) is 52.7 Å². The Morgan fingerprint density at radius 3 is 2.65 bits per heavy atom. The number of hydrogen-bond donors (Lipinski definition) is 3. The minimum Gasteiger partial charge on any atom is -0.325 e. The average molecular weight is 357 g/mol. The van der Waals surface area contributed by atoms with Crippen LogP contribution in [0.15, 0.2) is 33.6 Å². The van der Waals surface area contributed by atoms with Crippen LogP contribution < -0.4 is 16.4 Å². The zero-order valence-corrected chi connectivity index (χ0v) is 14.5. The van der Waals surface area contributed by atoms with E-state index in [0.717, 1.165) is 37.3 Å². The van der Waals surface area contributed by atoms with Crippen molar-refractivity contribution in [3.63, 3.8) is 0 Å². The molecule has 2 atom stereocenters. The van der Waals surface area contributed by atoms with Gasteiger partial charge in [-0.1, -0.05) is 11.6 Å². The lowest BCUT2D eigenvalue weighted by atomic mass is 10.0. The van der Waals surface area contributed by atoms with Crippen molar-refractivity contribution in [3.8, 4) is 11.4 Å². The van der Waals surface area contributed by atoms with Crippen LogP contribution in [0.5, 0.6) is 0 Å². The zero-order valence-electron chi connectivity index (χ0n) is 14.5. The van der Waals surface area contributed by atoms with Gasteiger partial charge in [0.1, 0.15) is 6.04 Å². The number of piperidine rings is 1. The van der Waals surface area contributed by atoms with E-state index in [0.29, 0.717) is 5.82 Å². The minimum absolute atomic E-state index is 0.000617. The number of nitrogens with zero attached hydrogens (tertiary/aromatic N) is 2. The summed E-state index contributed by atoms with van der Waals surface area (Å²) in [6.45, 7) is 3.04. The lowest BCUT2D eigenvalue weighted by Gasteiger charge is -2.34. The molecule has 2 aliphatic rings. The first-order chi connectivity index (χ1) is 12.7. The van der Waals surface area contributed by atoms with Crippen LogP contribution in [0.25, 0.3) is 11.4 Å². The molecule has 8 heteroatoms. The van der Waals surface area contributed by atoms with Gasteiger partial charge >= 0.3 is 5.76 Å². The number of anilines is 1. The Balaban J connectivity index is 1.41. The number of likely N-dealkylation sites (tertiary alicyclic amines) is 1. The van der Waals surface area contributed by atoms with E-state index in [1.54, 1.807) is 24.3 Å². The second kappa shape index (κ2) is 7.43. The van der Waals surface area contributed by atoms with E-state index < -0.39 is 5.76 Å². The molecule has 0 radical (unpaired) electrons. The van der Waals surface area contributed by atoms with Crippen molar-refractivity contribution in [1.82, 2.24) is 20.4 Å². The molecule has 0 bridgehead atoms. The Morgan fingerprint density at radius 1 is 1.19 bits per heavy atom. The van der Waals surface area contributed by atoms with Gasteiger partial charge in [0.15, 0.2) is 5.82 Å². The van der Waals surface area contributed by atoms with Crippen molar-refractivity contribution in [2.75, 3.05) is 25.0 Å². The van der Waals surface area contributed by atoms with Gasteiger partial charge in [0, 0.05) is 17.3 Å². The Labute approximate surface area is 150 Å². The van der Waals surface area contributed by atoms with E-state index in [1.165, 1.54) is 19.3 Å². The molecular formula is C18H23N5O3. The number of hydrogen-bond acceptors (Lipinski definition) is 6. The molecule has 1 amide bonds. The predicted molar refractivity (Wildman–Crippen MR) is 96.8 cm³/mol. The number of H-pyrrole nitrogens is 1. The van der Waals surface area contributed by atoms with Gasteiger partial charge in [0.2, 0.25) is 5.91 Å². The van der Waals surface area contributed by atoms with Gasteiger partial charge in [-0.05, 0) is 63.2 Å². The van der Waals surface area contributed by atoms with Crippen LogP contribution in [0.3, 0.4) is 0 Å². The molecule has 3 N–H and O–H groups in total. The van der Waals surface area contributed by atoms with E-state index in [2.05, 4.69) is 30.2 Å². The number of carbonyl (C=O) groups is 1. The molecule has 3 heterocycles. The number of rotatable bonds is 4. The summed E-state index contributed by atoms with van der Waals surface area (Å²) in [6.07, 6.45) is 4.74. The fraction of sp³-hybridized carbons (Fsp3) is 0.500. The summed E-state index contributed by atoms with van der Waals surface area (Å²) in [4.78, 5) is 28.7. The second-order valence-electron chi connectivity index (χ2n) is 6.89. The number of benzene rings is 1. The van der Waals surface area contributed by atoms with Crippen LogP contribution in [-0.2, 0) is 4.79 Å².